The molecule has 150 valence electrons. The van der Waals surface area contributed by atoms with Crippen molar-refractivity contribution in [3.05, 3.63) is 105 Å². The van der Waals surface area contributed by atoms with Gasteiger partial charge in [0.15, 0.2) is 0 Å². The van der Waals surface area contributed by atoms with E-state index in [0.29, 0.717) is 5.39 Å². The van der Waals surface area contributed by atoms with Crippen LogP contribution < -0.4 is 10.9 Å². The number of aromatic amines is 1. The summed E-state index contributed by atoms with van der Waals surface area (Å²) in [6.07, 6.45) is 4.35. The molecule has 0 aliphatic carbocycles. The van der Waals surface area contributed by atoms with Gasteiger partial charge in [-0.15, -0.1) is 0 Å². The van der Waals surface area contributed by atoms with Gasteiger partial charge in [-0.05, 0) is 52.9 Å². The molecule has 3 N–H and O–H groups in total. The summed E-state index contributed by atoms with van der Waals surface area (Å²) in [7, 11) is 0. The molecule has 2 unspecified atom stereocenters. The number of nitrogens with one attached hydrogen (secondary N) is 2. The minimum atomic E-state index is -0.0560. The van der Waals surface area contributed by atoms with Gasteiger partial charge in [0.25, 0.3) is 5.56 Å². The van der Waals surface area contributed by atoms with Crippen LogP contribution in [0.3, 0.4) is 0 Å². The summed E-state index contributed by atoms with van der Waals surface area (Å²) in [5, 5.41) is 15.1. The maximum Gasteiger partial charge on any atom is 0.256 e. The van der Waals surface area contributed by atoms with Gasteiger partial charge in [-0.1, -0.05) is 37.3 Å². The number of pyridine rings is 2. The van der Waals surface area contributed by atoms with Crippen molar-refractivity contribution in [2.75, 3.05) is 5.32 Å². The molecule has 5 rings (SSSR count). The van der Waals surface area contributed by atoms with Crippen LogP contribution in [0.2, 0.25) is 0 Å². The highest BCUT2D eigenvalue weighted by atomic mass is 16.3. The standard InChI is InChI=1S/C25H23N3O2/c1-2-19-23-21(17-6-3-5-15(13-17)14-29)24(16-9-11-26-12-10-16)27-20-8-4-7-18(22(20)23)25(30)28-19/h3-13,21,24,27,29H,2,14H2,1H3,(H,28,30). The van der Waals surface area contributed by atoms with Gasteiger partial charge in [-0.2, -0.15) is 0 Å². The minimum Gasteiger partial charge on any atom is -0.392 e. The Morgan fingerprint density at radius 2 is 1.83 bits per heavy atom. The average Bonchev–Trinajstić information content (AvgIpc) is 2.81. The van der Waals surface area contributed by atoms with Crippen molar-refractivity contribution in [3.8, 4) is 0 Å². The highest BCUT2D eigenvalue weighted by Gasteiger charge is 2.35. The molecule has 2 aromatic carbocycles. The van der Waals surface area contributed by atoms with Gasteiger partial charge >= 0.3 is 0 Å². The summed E-state index contributed by atoms with van der Waals surface area (Å²) in [6, 6.07) is 18.0. The van der Waals surface area contributed by atoms with E-state index >= 15 is 0 Å². The Balaban J connectivity index is 1.86. The van der Waals surface area contributed by atoms with E-state index in [0.717, 1.165) is 45.4 Å². The molecule has 3 heterocycles. The SMILES string of the molecule is CCc1[nH]c(=O)c2cccc3c2c1C(c1cccc(CO)c1)C(c1ccncc1)N3. The lowest BCUT2D eigenvalue weighted by Gasteiger charge is -2.37. The van der Waals surface area contributed by atoms with Gasteiger partial charge in [-0.25, -0.2) is 0 Å². The molecule has 1 aliphatic rings. The zero-order valence-corrected chi connectivity index (χ0v) is 16.7. The van der Waals surface area contributed by atoms with Gasteiger partial charge in [0.05, 0.1) is 12.6 Å². The number of aliphatic hydroxyl groups is 1. The predicted molar refractivity (Wildman–Crippen MR) is 119 cm³/mol. The molecular formula is C25H23N3O2. The zero-order chi connectivity index (χ0) is 20.7. The number of hydrogen-bond acceptors (Lipinski definition) is 4. The van der Waals surface area contributed by atoms with Crippen LogP contribution in [-0.2, 0) is 13.0 Å². The first-order chi connectivity index (χ1) is 14.7. The third-order valence-corrected chi connectivity index (χ3v) is 6.03. The van der Waals surface area contributed by atoms with Crippen molar-refractivity contribution in [2.45, 2.75) is 31.9 Å². The number of benzene rings is 2. The molecule has 0 radical (unpaired) electrons. The lowest BCUT2D eigenvalue weighted by Crippen LogP contribution is -2.28. The highest BCUT2D eigenvalue weighted by Crippen LogP contribution is 2.48. The lowest BCUT2D eigenvalue weighted by molar-refractivity contribution is 0.281. The fraction of sp³-hybridized carbons (Fsp3) is 0.200. The van der Waals surface area contributed by atoms with Crippen molar-refractivity contribution < 1.29 is 5.11 Å². The van der Waals surface area contributed by atoms with Crippen LogP contribution in [0.1, 0.15) is 46.8 Å². The number of nitrogens with zero attached hydrogens (tertiary/aromatic N) is 1. The second-order valence-corrected chi connectivity index (χ2v) is 7.71. The third-order valence-electron chi connectivity index (χ3n) is 6.03. The summed E-state index contributed by atoms with van der Waals surface area (Å²) in [5.41, 5.74) is 6.13. The molecule has 30 heavy (non-hydrogen) atoms. The van der Waals surface area contributed by atoms with Gasteiger partial charge in [-0.3, -0.25) is 9.78 Å². The molecule has 4 aromatic rings. The van der Waals surface area contributed by atoms with Crippen LogP contribution in [0.4, 0.5) is 5.69 Å². The molecule has 0 amide bonds. The van der Waals surface area contributed by atoms with E-state index in [9.17, 15) is 9.90 Å². The molecule has 0 saturated heterocycles. The number of hydrogen-bond donors (Lipinski definition) is 3. The third kappa shape index (κ3) is 2.90. The number of anilines is 1. The van der Waals surface area contributed by atoms with Crippen LogP contribution in [0.25, 0.3) is 10.8 Å². The van der Waals surface area contributed by atoms with E-state index in [-0.39, 0.29) is 24.1 Å². The second-order valence-electron chi connectivity index (χ2n) is 7.71. The van der Waals surface area contributed by atoms with E-state index < -0.39 is 0 Å². The Bertz CT molecular complexity index is 1280. The van der Waals surface area contributed by atoms with Crippen LogP contribution in [0.15, 0.2) is 71.8 Å². The second kappa shape index (κ2) is 7.43. The van der Waals surface area contributed by atoms with Crippen molar-refractivity contribution in [1.82, 2.24) is 9.97 Å². The average molecular weight is 397 g/mol. The predicted octanol–water partition coefficient (Wildman–Crippen LogP) is 4.28. The number of aliphatic hydroxyl groups excluding tert-OH is 1. The number of aromatic nitrogens is 2. The molecule has 0 saturated carbocycles. The number of aryl methyl sites for hydroxylation is 1. The lowest BCUT2D eigenvalue weighted by atomic mass is 9.76. The van der Waals surface area contributed by atoms with Gasteiger partial charge in [0.2, 0.25) is 0 Å². The van der Waals surface area contributed by atoms with Crippen LogP contribution in [0, 0.1) is 0 Å². The molecule has 5 heteroatoms. The molecule has 0 bridgehead atoms. The maximum atomic E-state index is 12.8. The van der Waals surface area contributed by atoms with Crippen LogP contribution >= 0.6 is 0 Å². The Kier molecular flexibility index (Phi) is 4.60. The monoisotopic (exact) mass is 397 g/mol. The highest BCUT2D eigenvalue weighted by molar-refractivity contribution is 5.98. The van der Waals surface area contributed by atoms with Gasteiger partial charge < -0.3 is 15.4 Å². The first kappa shape index (κ1) is 18.6. The topological polar surface area (TPSA) is 78.0 Å². The van der Waals surface area contributed by atoms with E-state index in [2.05, 4.69) is 34.3 Å². The van der Waals surface area contributed by atoms with Gasteiger partial charge in [0, 0.05) is 40.5 Å². The quantitative estimate of drug-likeness (QED) is 0.480. The Morgan fingerprint density at radius 1 is 1.03 bits per heavy atom. The first-order valence-electron chi connectivity index (χ1n) is 10.2. The summed E-state index contributed by atoms with van der Waals surface area (Å²) < 4.78 is 0. The van der Waals surface area contributed by atoms with Gasteiger partial charge in [0.1, 0.15) is 0 Å². The first-order valence-corrected chi connectivity index (χ1v) is 10.2. The smallest absolute Gasteiger partial charge is 0.256 e. The summed E-state index contributed by atoms with van der Waals surface area (Å²) in [6.45, 7) is 2.06. The van der Waals surface area contributed by atoms with Crippen molar-refractivity contribution in [1.29, 1.82) is 0 Å². The van der Waals surface area contributed by atoms with Crippen LogP contribution in [-0.4, -0.2) is 15.1 Å². The van der Waals surface area contributed by atoms with E-state index in [4.69, 9.17) is 0 Å². The molecule has 5 nitrogen and oxygen atoms in total. The van der Waals surface area contributed by atoms with Crippen molar-refractivity contribution in [3.63, 3.8) is 0 Å². The minimum absolute atomic E-state index is 0.00777. The molecule has 2 atom stereocenters. The Morgan fingerprint density at radius 3 is 2.60 bits per heavy atom. The molecular weight excluding hydrogens is 374 g/mol. The fourth-order valence-corrected chi connectivity index (χ4v) is 4.70. The zero-order valence-electron chi connectivity index (χ0n) is 16.7. The van der Waals surface area contributed by atoms with Crippen LogP contribution in [0.5, 0.6) is 0 Å². The molecule has 1 aliphatic heterocycles. The van der Waals surface area contributed by atoms with Crippen molar-refractivity contribution in [2.24, 2.45) is 0 Å². The van der Waals surface area contributed by atoms with E-state index in [1.807, 2.05) is 54.9 Å². The normalized spacial score (nSPS) is 17.7. The fourth-order valence-electron chi connectivity index (χ4n) is 4.70. The molecule has 0 spiro atoms. The Labute approximate surface area is 174 Å². The largest absolute Gasteiger partial charge is 0.392 e. The molecule has 2 aromatic heterocycles. The summed E-state index contributed by atoms with van der Waals surface area (Å²) in [4.78, 5) is 20.1. The number of H-pyrrole nitrogens is 1. The molecule has 0 fully saturated rings. The Hall–Kier alpha value is -3.44. The van der Waals surface area contributed by atoms with Crippen molar-refractivity contribution >= 4 is 16.5 Å². The summed E-state index contributed by atoms with van der Waals surface area (Å²) in [5.74, 6) is -0.0249. The van der Waals surface area contributed by atoms with E-state index in [1.165, 1.54) is 0 Å². The number of rotatable bonds is 4. The maximum absolute atomic E-state index is 12.8. The van der Waals surface area contributed by atoms with E-state index in [1.54, 1.807) is 0 Å². The summed E-state index contributed by atoms with van der Waals surface area (Å²) >= 11 is 0.